The van der Waals surface area contributed by atoms with Gasteiger partial charge in [-0.05, 0) is 70.2 Å². The number of amides is 2. The summed E-state index contributed by atoms with van der Waals surface area (Å²) < 4.78 is 11.7. The quantitative estimate of drug-likeness (QED) is 0.327. The number of rotatable bonds is 13. The predicted octanol–water partition coefficient (Wildman–Crippen LogP) is 5.08. The van der Waals surface area contributed by atoms with Crippen LogP contribution >= 0.6 is 0 Å². The van der Waals surface area contributed by atoms with Gasteiger partial charge in [-0.2, -0.15) is 0 Å². The van der Waals surface area contributed by atoms with E-state index in [9.17, 15) is 9.90 Å². The zero-order valence-electron chi connectivity index (χ0n) is 23.0. The van der Waals surface area contributed by atoms with Crippen molar-refractivity contribution >= 4 is 6.03 Å². The van der Waals surface area contributed by atoms with Crippen LogP contribution in [0.25, 0.3) is 0 Å². The van der Waals surface area contributed by atoms with Crippen molar-refractivity contribution in [1.82, 2.24) is 15.5 Å². The molecule has 7 heteroatoms. The van der Waals surface area contributed by atoms with Gasteiger partial charge in [-0.1, -0.05) is 43.3 Å². The standard InChI is InChI=1S/C30H45N3O4/c1-5-24-13-6-8-16-27(24)37-28-17-9-7-15-26(28)30(35,18-10-11-20-36-4)25-14-12-19-33(22-25)29(34)32-23(2)21-31-3/h6-9,13,15-17,23,25,31,35H,5,10-12,14,18-22H2,1-4H3,(H,32,34). The summed E-state index contributed by atoms with van der Waals surface area (Å²) in [5.41, 5.74) is 0.771. The molecule has 1 saturated heterocycles. The molecule has 0 aromatic heterocycles. The van der Waals surface area contributed by atoms with Crippen LogP contribution in [0.3, 0.4) is 0 Å². The van der Waals surface area contributed by atoms with Crippen LogP contribution in [0.4, 0.5) is 4.79 Å². The zero-order valence-corrected chi connectivity index (χ0v) is 23.0. The topological polar surface area (TPSA) is 83.1 Å². The summed E-state index contributed by atoms with van der Waals surface area (Å²) in [7, 11) is 3.58. The van der Waals surface area contributed by atoms with Crippen molar-refractivity contribution in [2.75, 3.05) is 40.4 Å². The molecule has 1 aliphatic rings. The number of aliphatic hydroxyl groups is 1. The number of piperidine rings is 1. The first-order valence-electron chi connectivity index (χ1n) is 13.7. The fourth-order valence-electron chi connectivity index (χ4n) is 5.34. The van der Waals surface area contributed by atoms with Crippen LogP contribution in [0, 0.1) is 5.92 Å². The molecule has 0 aliphatic carbocycles. The number of likely N-dealkylation sites (N-methyl/N-ethyl adjacent to an activating group) is 1. The van der Waals surface area contributed by atoms with Crippen LogP contribution in [0.2, 0.25) is 0 Å². The molecule has 3 N–H and O–H groups in total. The fraction of sp³-hybridized carbons (Fsp3) is 0.567. The largest absolute Gasteiger partial charge is 0.457 e. The molecule has 2 amide bonds. The third kappa shape index (κ3) is 7.69. The number of hydrogen-bond donors (Lipinski definition) is 3. The van der Waals surface area contributed by atoms with Gasteiger partial charge >= 0.3 is 6.03 Å². The second kappa shape index (κ2) is 14.4. The third-order valence-electron chi connectivity index (χ3n) is 7.35. The zero-order chi connectivity index (χ0) is 26.7. The van der Waals surface area contributed by atoms with Gasteiger partial charge in [-0.25, -0.2) is 4.79 Å². The lowest BCUT2D eigenvalue weighted by atomic mass is 9.73. The van der Waals surface area contributed by atoms with E-state index in [4.69, 9.17) is 9.47 Å². The Kier molecular flexibility index (Phi) is 11.2. The molecule has 0 spiro atoms. The third-order valence-corrected chi connectivity index (χ3v) is 7.35. The molecular formula is C30H45N3O4. The Balaban J connectivity index is 1.90. The number of aryl methyl sites for hydroxylation is 1. The molecule has 1 heterocycles. The highest BCUT2D eigenvalue weighted by atomic mass is 16.5. The van der Waals surface area contributed by atoms with Crippen LogP contribution in [0.5, 0.6) is 11.5 Å². The van der Waals surface area contributed by atoms with Crippen LogP contribution in [0.15, 0.2) is 48.5 Å². The Bertz CT molecular complexity index is 985. The first kappa shape index (κ1) is 29.0. The molecule has 0 saturated carbocycles. The number of nitrogens with one attached hydrogen (secondary N) is 2. The number of unbranched alkanes of at least 4 members (excludes halogenated alkanes) is 1. The maximum atomic E-state index is 13.0. The normalized spacial score (nSPS) is 18.2. The van der Waals surface area contributed by atoms with Crippen molar-refractivity contribution in [3.8, 4) is 11.5 Å². The lowest BCUT2D eigenvalue weighted by Gasteiger charge is -2.43. The smallest absolute Gasteiger partial charge is 0.317 e. The highest BCUT2D eigenvalue weighted by Gasteiger charge is 2.43. The molecule has 3 rings (SSSR count). The maximum absolute atomic E-state index is 13.0. The average molecular weight is 512 g/mol. The Morgan fingerprint density at radius 1 is 1.16 bits per heavy atom. The van der Waals surface area contributed by atoms with Gasteiger partial charge in [0.25, 0.3) is 0 Å². The van der Waals surface area contributed by atoms with Gasteiger partial charge in [0.15, 0.2) is 0 Å². The summed E-state index contributed by atoms with van der Waals surface area (Å²) in [4.78, 5) is 14.9. The van der Waals surface area contributed by atoms with E-state index in [-0.39, 0.29) is 18.0 Å². The number of para-hydroxylation sites is 2. The predicted molar refractivity (Wildman–Crippen MR) is 148 cm³/mol. The van der Waals surface area contributed by atoms with E-state index in [0.717, 1.165) is 49.0 Å². The van der Waals surface area contributed by atoms with Gasteiger partial charge in [0.05, 0.1) is 5.60 Å². The second-order valence-electron chi connectivity index (χ2n) is 10.1. The van der Waals surface area contributed by atoms with Crippen LogP contribution < -0.4 is 15.4 Å². The summed E-state index contributed by atoms with van der Waals surface area (Å²) in [6.45, 7) is 6.65. The number of carbonyl (C=O) groups is 1. The van der Waals surface area contributed by atoms with Gasteiger partial charge < -0.3 is 30.1 Å². The Hall–Kier alpha value is -2.61. The molecule has 3 unspecified atom stereocenters. The Labute approximate surface area is 222 Å². The van der Waals surface area contributed by atoms with Crippen LogP contribution in [0.1, 0.15) is 57.1 Å². The van der Waals surface area contributed by atoms with Crippen molar-refractivity contribution in [1.29, 1.82) is 0 Å². The lowest BCUT2D eigenvalue weighted by molar-refractivity contribution is -0.0574. The SMILES string of the molecule is CCc1ccccc1Oc1ccccc1C(O)(CCCCOC)C1CCCN(C(=O)NC(C)CNC)C1. The van der Waals surface area contributed by atoms with Crippen LogP contribution in [-0.4, -0.2) is 62.5 Å². The Morgan fingerprint density at radius 2 is 1.89 bits per heavy atom. The van der Waals surface area contributed by atoms with Crippen molar-refractivity contribution < 1.29 is 19.4 Å². The molecule has 7 nitrogen and oxygen atoms in total. The molecule has 2 aromatic carbocycles. The van der Waals surface area contributed by atoms with E-state index >= 15 is 0 Å². The summed E-state index contributed by atoms with van der Waals surface area (Å²) in [5.74, 6) is 1.37. The summed E-state index contributed by atoms with van der Waals surface area (Å²) in [5, 5.41) is 18.6. The number of benzene rings is 2. The molecule has 204 valence electrons. The maximum Gasteiger partial charge on any atom is 0.317 e. The lowest BCUT2D eigenvalue weighted by Crippen LogP contribution is -2.53. The molecule has 0 bridgehead atoms. The molecule has 1 aliphatic heterocycles. The molecular weight excluding hydrogens is 466 g/mol. The fourth-order valence-corrected chi connectivity index (χ4v) is 5.34. The molecule has 37 heavy (non-hydrogen) atoms. The first-order valence-corrected chi connectivity index (χ1v) is 13.7. The average Bonchev–Trinajstić information content (AvgIpc) is 2.92. The minimum Gasteiger partial charge on any atom is -0.457 e. The number of urea groups is 1. The monoisotopic (exact) mass is 511 g/mol. The van der Waals surface area contributed by atoms with Crippen LogP contribution in [-0.2, 0) is 16.8 Å². The van der Waals surface area contributed by atoms with E-state index in [2.05, 4.69) is 23.6 Å². The van der Waals surface area contributed by atoms with E-state index < -0.39 is 5.60 Å². The van der Waals surface area contributed by atoms with Gasteiger partial charge in [0.1, 0.15) is 11.5 Å². The van der Waals surface area contributed by atoms with E-state index in [0.29, 0.717) is 38.4 Å². The number of methoxy groups -OCH3 is 1. The highest BCUT2D eigenvalue weighted by molar-refractivity contribution is 5.74. The summed E-state index contributed by atoms with van der Waals surface area (Å²) in [6.07, 6.45) is 4.79. The summed E-state index contributed by atoms with van der Waals surface area (Å²) >= 11 is 0. The highest BCUT2D eigenvalue weighted by Crippen LogP contribution is 2.44. The molecule has 1 fully saturated rings. The molecule has 2 aromatic rings. The number of ether oxygens (including phenoxy) is 2. The minimum atomic E-state index is -1.14. The van der Waals surface area contributed by atoms with E-state index in [1.165, 1.54) is 0 Å². The second-order valence-corrected chi connectivity index (χ2v) is 10.1. The van der Waals surface area contributed by atoms with Crippen molar-refractivity contribution in [2.24, 2.45) is 5.92 Å². The van der Waals surface area contributed by atoms with Gasteiger partial charge in [0, 0.05) is 50.9 Å². The van der Waals surface area contributed by atoms with Gasteiger partial charge in [-0.15, -0.1) is 0 Å². The Morgan fingerprint density at radius 3 is 2.62 bits per heavy atom. The van der Waals surface area contributed by atoms with E-state index in [1.807, 2.05) is 61.3 Å². The van der Waals surface area contributed by atoms with Crippen molar-refractivity contribution in [3.05, 3.63) is 59.7 Å². The number of hydrogen-bond acceptors (Lipinski definition) is 5. The summed E-state index contributed by atoms with van der Waals surface area (Å²) in [6, 6.07) is 15.8. The van der Waals surface area contributed by atoms with Gasteiger partial charge in [0.2, 0.25) is 0 Å². The molecule has 0 radical (unpaired) electrons. The number of carbonyl (C=O) groups excluding carboxylic acids is 1. The van der Waals surface area contributed by atoms with Crippen molar-refractivity contribution in [3.63, 3.8) is 0 Å². The van der Waals surface area contributed by atoms with E-state index in [1.54, 1.807) is 7.11 Å². The van der Waals surface area contributed by atoms with Crippen molar-refractivity contribution in [2.45, 2.75) is 64.0 Å². The molecule has 3 atom stereocenters. The van der Waals surface area contributed by atoms with Gasteiger partial charge in [-0.3, -0.25) is 0 Å². The first-order chi connectivity index (χ1) is 17.9. The minimum absolute atomic E-state index is 0.0264. The number of likely N-dealkylation sites (tertiary alicyclic amines) is 1. The number of nitrogens with zero attached hydrogens (tertiary/aromatic N) is 1.